The fraction of sp³-hybridized carbons (Fsp3) is 0.538. The van der Waals surface area contributed by atoms with Gasteiger partial charge in [-0.05, 0) is 36.5 Å². The first-order valence-electron chi connectivity index (χ1n) is 5.58. The summed E-state index contributed by atoms with van der Waals surface area (Å²) in [4.78, 5) is 0.605. The Morgan fingerprint density at radius 1 is 1.13 bits per heavy atom. The van der Waals surface area contributed by atoms with Crippen LogP contribution in [0.3, 0.4) is 0 Å². The number of rotatable bonds is 5. The second-order valence-corrected chi connectivity index (χ2v) is 5.96. The summed E-state index contributed by atoms with van der Waals surface area (Å²) >= 11 is 7.28. The molecule has 0 nitrogen and oxygen atoms in total. The Bertz CT molecular complexity index is 279. The van der Waals surface area contributed by atoms with Gasteiger partial charge in [0.1, 0.15) is 0 Å². The van der Waals surface area contributed by atoms with Gasteiger partial charge in [-0.3, -0.25) is 0 Å². The molecule has 2 unspecified atom stereocenters. The van der Waals surface area contributed by atoms with Crippen molar-refractivity contribution in [2.75, 3.05) is 0 Å². The third-order valence-corrected chi connectivity index (χ3v) is 4.36. The molecule has 2 atom stereocenters. The van der Waals surface area contributed by atoms with E-state index in [1.807, 2.05) is 0 Å². The minimum Gasteiger partial charge on any atom is -0.0884 e. The summed E-state index contributed by atoms with van der Waals surface area (Å²) in [5.41, 5.74) is 1.44. The van der Waals surface area contributed by atoms with Crippen LogP contribution < -0.4 is 0 Å². The summed E-state index contributed by atoms with van der Waals surface area (Å²) in [6, 6.07) is 8.71. The Kier molecular flexibility index (Phi) is 5.91. The molecule has 15 heavy (non-hydrogen) atoms. The molecule has 0 saturated carbocycles. The normalized spacial score (nSPS) is 14.9. The van der Waals surface area contributed by atoms with Crippen LogP contribution in [0.5, 0.6) is 0 Å². The summed E-state index contributed by atoms with van der Waals surface area (Å²) < 4.78 is 1.16. The molecule has 0 saturated heterocycles. The average molecular weight is 334 g/mol. The number of hydrogen-bond acceptors (Lipinski definition) is 0. The van der Waals surface area contributed by atoms with Crippen molar-refractivity contribution in [1.82, 2.24) is 0 Å². The molecule has 0 bridgehead atoms. The third-order valence-electron chi connectivity index (χ3n) is 2.74. The molecule has 0 aliphatic heterocycles. The number of alkyl halides is 1. The van der Waals surface area contributed by atoms with Gasteiger partial charge in [-0.1, -0.05) is 64.3 Å². The highest BCUT2D eigenvalue weighted by molar-refractivity contribution is 9.10. The zero-order chi connectivity index (χ0) is 11.3. The molecule has 0 aliphatic carbocycles. The van der Waals surface area contributed by atoms with Gasteiger partial charge in [0.05, 0.1) is 0 Å². The topological polar surface area (TPSA) is 0 Å². The first kappa shape index (κ1) is 13.2. The largest absolute Gasteiger partial charge is 0.0884 e. The second-order valence-electron chi connectivity index (χ2n) is 3.87. The molecule has 84 valence electrons. The Hall–Kier alpha value is 0.180. The number of hydrogen-bond donors (Lipinski definition) is 0. The van der Waals surface area contributed by atoms with Gasteiger partial charge in [-0.2, -0.15) is 0 Å². The van der Waals surface area contributed by atoms with E-state index in [0.29, 0.717) is 10.7 Å². The van der Waals surface area contributed by atoms with Crippen molar-refractivity contribution in [2.24, 2.45) is 0 Å². The average Bonchev–Trinajstić information content (AvgIpc) is 2.22. The van der Waals surface area contributed by atoms with Crippen molar-refractivity contribution in [2.45, 2.75) is 43.9 Å². The number of benzene rings is 1. The van der Waals surface area contributed by atoms with Crippen molar-refractivity contribution in [3.05, 3.63) is 34.3 Å². The zero-order valence-corrected chi connectivity index (χ0v) is 12.5. The molecular weight excluding hydrogens is 316 g/mol. The monoisotopic (exact) mass is 332 g/mol. The highest BCUT2D eigenvalue weighted by Gasteiger charge is 2.17. The van der Waals surface area contributed by atoms with Gasteiger partial charge in [0.25, 0.3) is 0 Å². The molecule has 1 aromatic carbocycles. The van der Waals surface area contributed by atoms with Crippen LogP contribution in [0.2, 0.25) is 0 Å². The van der Waals surface area contributed by atoms with E-state index in [0.717, 1.165) is 4.47 Å². The molecule has 1 rings (SSSR count). The molecule has 1 aromatic rings. The molecular formula is C13H18Br2. The smallest absolute Gasteiger partial charge is 0.0214 e. The van der Waals surface area contributed by atoms with Crippen LogP contribution in [0.4, 0.5) is 0 Å². The molecule has 0 fully saturated rings. The van der Waals surface area contributed by atoms with Gasteiger partial charge in [-0.25, -0.2) is 0 Å². The van der Waals surface area contributed by atoms with Gasteiger partial charge < -0.3 is 0 Å². The van der Waals surface area contributed by atoms with Gasteiger partial charge in [0.2, 0.25) is 0 Å². The SMILES string of the molecule is CCCC(Br)C(CC)c1ccc(Br)cc1. The van der Waals surface area contributed by atoms with E-state index in [1.165, 1.54) is 24.8 Å². The van der Waals surface area contributed by atoms with Gasteiger partial charge >= 0.3 is 0 Å². The van der Waals surface area contributed by atoms with E-state index in [9.17, 15) is 0 Å². The van der Waals surface area contributed by atoms with Crippen LogP contribution in [0.25, 0.3) is 0 Å². The Labute approximate surface area is 110 Å². The predicted molar refractivity (Wildman–Crippen MR) is 74.8 cm³/mol. The Morgan fingerprint density at radius 3 is 2.20 bits per heavy atom. The maximum atomic E-state index is 3.81. The molecule has 0 radical (unpaired) electrons. The van der Waals surface area contributed by atoms with E-state index in [-0.39, 0.29) is 0 Å². The lowest BCUT2D eigenvalue weighted by atomic mass is 9.91. The standard InChI is InChI=1S/C13H18Br2/c1-3-5-13(15)12(4-2)10-6-8-11(14)9-7-10/h6-9,12-13H,3-5H2,1-2H3. The van der Waals surface area contributed by atoms with Crippen LogP contribution >= 0.6 is 31.9 Å². The molecule has 0 amide bonds. The first-order chi connectivity index (χ1) is 7.19. The minimum absolute atomic E-state index is 0.605. The van der Waals surface area contributed by atoms with Crippen molar-refractivity contribution in [3.8, 4) is 0 Å². The van der Waals surface area contributed by atoms with Gasteiger partial charge in [0, 0.05) is 9.30 Å². The molecule has 2 heteroatoms. The van der Waals surface area contributed by atoms with E-state index < -0.39 is 0 Å². The van der Waals surface area contributed by atoms with Gasteiger partial charge in [-0.15, -0.1) is 0 Å². The van der Waals surface area contributed by atoms with Crippen LogP contribution in [0.15, 0.2) is 28.7 Å². The predicted octanol–water partition coefficient (Wildman–Crippen LogP) is 5.51. The maximum absolute atomic E-state index is 3.81. The third kappa shape index (κ3) is 3.92. The highest BCUT2D eigenvalue weighted by Crippen LogP contribution is 2.31. The molecule has 0 spiro atoms. The minimum atomic E-state index is 0.605. The zero-order valence-electron chi connectivity index (χ0n) is 9.34. The lowest BCUT2D eigenvalue weighted by molar-refractivity contribution is 0.593. The quantitative estimate of drug-likeness (QED) is 0.623. The summed E-state index contributed by atoms with van der Waals surface area (Å²) in [6.07, 6.45) is 3.68. The van der Waals surface area contributed by atoms with E-state index in [2.05, 4.69) is 70.0 Å². The molecule has 0 aromatic heterocycles. The van der Waals surface area contributed by atoms with Crippen LogP contribution in [0.1, 0.15) is 44.6 Å². The fourth-order valence-electron chi connectivity index (χ4n) is 1.89. The van der Waals surface area contributed by atoms with Crippen molar-refractivity contribution in [1.29, 1.82) is 0 Å². The van der Waals surface area contributed by atoms with Crippen molar-refractivity contribution < 1.29 is 0 Å². The number of halogens is 2. The van der Waals surface area contributed by atoms with Crippen molar-refractivity contribution in [3.63, 3.8) is 0 Å². The van der Waals surface area contributed by atoms with Crippen LogP contribution in [0, 0.1) is 0 Å². The molecule has 0 aliphatic rings. The Balaban J connectivity index is 2.77. The summed E-state index contributed by atoms with van der Waals surface area (Å²) in [5, 5.41) is 0. The van der Waals surface area contributed by atoms with E-state index in [1.54, 1.807) is 0 Å². The maximum Gasteiger partial charge on any atom is 0.0214 e. The van der Waals surface area contributed by atoms with Crippen LogP contribution in [-0.4, -0.2) is 4.83 Å². The highest BCUT2D eigenvalue weighted by atomic mass is 79.9. The summed E-state index contributed by atoms with van der Waals surface area (Å²) in [6.45, 7) is 4.50. The molecule has 0 N–H and O–H groups in total. The summed E-state index contributed by atoms with van der Waals surface area (Å²) in [5.74, 6) is 0.637. The van der Waals surface area contributed by atoms with Crippen LogP contribution in [-0.2, 0) is 0 Å². The lowest BCUT2D eigenvalue weighted by Gasteiger charge is -2.21. The lowest BCUT2D eigenvalue weighted by Crippen LogP contribution is -2.11. The summed E-state index contributed by atoms with van der Waals surface area (Å²) in [7, 11) is 0. The van der Waals surface area contributed by atoms with E-state index >= 15 is 0 Å². The molecule has 0 heterocycles. The Morgan fingerprint density at radius 2 is 1.73 bits per heavy atom. The van der Waals surface area contributed by atoms with E-state index in [4.69, 9.17) is 0 Å². The fourth-order valence-corrected chi connectivity index (χ4v) is 3.29. The van der Waals surface area contributed by atoms with Gasteiger partial charge in [0.15, 0.2) is 0 Å². The first-order valence-corrected chi connectivity index (χ1v) is 7.29. The second kappa shape index (κ2) is 6.70. The van der Waals surface area contributed by atoms with Crippen molar-refractivity contribution >= 4 is 31.9 Å².